The van der Waals surface area contributed by atoms with E-state index in [1.165, 1.54) is 85.3 Å². The van der Waals surface area contributed by atoms with Gasteiger partial charge in [-0.1, -0.05) is 0 Å². The van der Waals surface area contributed by atoms with Crippen molar-refractivity contribution in [1.82, 2.24) is 0 Å². The summed E-state index contributed by atoms with van der Waals surface area (Å²) in [5.41, 5.74) is 0. The monoisotopic (exact) mass is 558 g/mol. The van der Waals surface area contributed by atoms with Gasteiger partial charge in [-0.3, -0.25) is 0 Å². The normalized spacial score (nSPS) is 13.5. The summed E-state index contributed by atoms with van der Waals surface area (Å²) in [6.45, 7) is 0. The van der Waals surface area contributed by atoms with Crippen molar-refractivity contribution in [1.29, 1.82) is 0 Å². The van der Waals surface area contributed by atoms with Gasteiger partial charge in [-0.25, -0.2) is 0 Å². The summed E-state index contributed by atoms with van der Waals surface area (Å²) < 4.78 is 69.9. The van der Waals surface area contributed by atoms with Gasteiger partial charge in [0, 0.05) is 106 Å². The minimum Gasteiger partial charge on any atom is -0.373 e. The predicted molar refractivity (Wildman–Crippen MR) is 132 cm³/mol. The van der Waals surface area contributed by atoms with Crippen LogP contribution >= 0.6 is 0 Å². The first-order valence-electron chi connectivity index (χ1n) is 10.0. The molecule has 0 unspecified atom stereocenters. The number of benzene rings is 1. The number of hydrogen-bond donors (Lipinski definition) is 0. The maximum Gasteiger partial charge on any atom is 0.536 e. The van der Waals surface area contributed by atoms with Crippen LogP contribution < -0.4 is 20.7 Å². The molecule has 16 heteroatoms. The second kappa shape index (κ2) is 13.2. The fraction of sp³-hybridized carbons (Fsp3) is 0.667. The molecule has 0 spiro atoms. The Morgan fingerprint density at radius 1 is 0.294 bits per heavy atom. The third-order valence-electron chi connectivity index (χ3n) is 5.70. The lowest BCUT2D eigenvalue weighted by atomic mass is 10.3. The molecule has 34 heavy (non-hydrogen) atoms. The summed E-state index contributed by atoms with van der Waals surface area (Å²) in [7, 11) is 3.92. The van der Waals surface area contributed by atoms with Crippen LogP contribution in [0.1, 0.15) is 0 Å². The Bertz CT molecular complexity index is 612. The van der Waals surface area contributed by atoms with Crippen LogP contribution in [0, 0.1) is 0 Å². The second-order valence-corrected chi connectivity index (χ2v) is 18.1. The lowest BCUT2D eigenvalue weighted by Gasteiger charge is -2.36. The van der Waals surface area contributed by atoms with Gasteiger partial charge in [-0.15, -0.1) is 0 Å². The Morgan fingerprint density at radius 2 is 0.412 bits per heavy atom. The average molecular weight is 559 g/mol. The van der Waals surface area contributed by atoms with Crippen LogP contribution in [-0.4, -0.2) is 121 Å². The smallest absolute Gasteiger partial charge is 0.373 e. The fourth-order valence-corrected chi connectivity index (χ4v) is 13.6. The van der Waals surface area contributed by atoms with E-state index in [9.17, 15) is 0 Å². The molecular formula is C18H38O12Si4. The van der Waals surface area contributed by atoms with Gasteiger partial charge in [0.1, 0.15) is 0 Å². The molecule has 0 aliphatic heterocycles. The van der Waals surface area contributed by atoms with Gasteiger partial charge in [-0.2, -0.15) is 0 Å². The zero-order valence-electron chi connectivity index (χ0n) is 22.1. The Kier molecular flexibility index (Phi) is 12.3. The molecule has 1 aromatic carbocycles. The second-order valence-electron chi connectivity index (χ2n) is 6.62. The van der Waals surface area contributed by atoms with Crippen LogP contribution in [0.4, 0.5) is 0 Å². The van der Waals surface area contributed by atoms with Crippen molar-refractivity contribution >= 4 is 56.0 Å². The van der Waals surface area contributed by atoms with Crippen molar-refractivity contribution in [2.24, 2.45) is 0 Å². The van der Waals surface area contributed by atoms with E-state index < -0.39 is 35.2 Å². The maximum atomic E-state index is 5.83. The van der Waals surface area contributed by atoms with Crippen LogP contribution in [0.3, 0.4) is 0 Å². The molecule has 0 N–H and O–H groups in total. The van der Waals surface area contributed by atoms with Gasteiger partial charge < -0.3 is 53.1 Å². The van der Waals surface area contributed by atoms with Crippen LogP contribution in [0.15, 0.2) is 12.1 Å². The molecule has 0 atom stereocenters. The zero-order chi connectivity index (χ0) is 26.2. The fourth-order valence-electron chi connectivity index (χ4n) is 3.93. The Hall–Kier alpha value is -0.392. The van der Waals surface area contributed by atoms with Crippen LogP contribution in [0.2, 0.25) is 0 Å². The molecular weight excluding hydrogens is 521 g/mol. The lowest BCUT2D eigenvalue weighted by molar-refractivity contribution is 0.132. The van der Waals surface area contributed by atoms with Crippen molar-refractivity contribution < 1.29 is 53.1 Å². The molecule has 0 saturated heterocycles. The summed E-state index contributed by atoms with van der Waals surface area (Å²) in [5, 5.41) is 2.07. The predicted octanol–water partition coefficient (Wildman–Crippen LogP) is -1.97. The van der Waals surface area contributed by atoms with Gasteiger partial charge in [0.05, 0.1) is 0 Å². The third kappa shape index (κ3) is 5.18. The van der Waals surface area contributed by atoms with Gasteiger partial charge in [0.15, 0.2) is 0 Å². The van der Waals surface area contributed by atoms with Crippen molar-refractivity contribution in [3.05, 3.63) is 12.1 Å². The molecule has 198 valence electrons. The summed E-state index contributed by atoms with van der Waals surface area (Å²) in [6.07, 6.45) is 0. The SMILES string of the molecule is CO[Si](OC)(OC)c1cc([Si](OC)(OC)OC)c([Si](OC)(OC)OC)cc1[Si](OC)(OC)OC. The van der Waals surface area contributed by atoms with Crippen molar-refractivity contribution in [2.75, 3.05) is 85.3 Å². The molecule has 0 radical (unpaired) electrons. The molecule has 1 aromatic rings. The van der Waals surface area contributed by atoms with Gasteiger partial charge in [0.2, 0.25) is 0 Å². The minimum absolute atomic E-state index is 0.519. The average Bonchev–Trinajstić information content (AvgIpc) is 2.90. The van der Waals surface area contributed by atoms with Crippen LogP contribution in [-0.2, 0) is 53.1 Å². The van der Waals surface area contributed by atoms with E-state index in [2.05, 4.69) is 0 Å². The molecule has 0 saturated carbocycles. The number of hydrogen-bond acceptors (Lipinski definition) is 12. The molecule has 0 aliphatic rings. The first kappa shape index (κ1) is 31.6. The summed E-state index contributed by atoms with van der Waals surface area (Å²) in [6, 6.07) is 3.54. The Labute approximate surface area is 206 Å². The first-order chi connectivity index (χ1) is 16.2. The topological polar surface area (TPSA) is 111 Å². The number of rotatable bonds is 16. The van der Waals surface area contributed by atoms with Crippen molar-refractivity contribution in [3.8, 4) is 0 Å². The highest BCUT2D eigenvalue weighted by atomic mass is 28.4. The van der Waals surface area contributed by atoms with Gasteiger partial charge in [-0.05, 0) is 12.1 Å². The zero-order valence-corrected chi connectivity index (χ0v) is 26.1. The van der Waals surface area contributed by atoms with E-state index in [1.54, 1.807) is 12.1 Å². The van der Waals surface area contributed by atoms with Crippen molar-refractivity contribution in [2.45, 2.75) is 0 Å². The molecule has 0 aromatic heterocycles. The molecule has 0 bridgehead atoms. The van der Waals surface area contributed by atoms with E-state index in [-0.39, 0.29) is 0 Å². The standard InChI is InChI=1S/C18H38O12Si4/c1-19-31(20-2,21-3)15-13-17(33(25-7,26-8)27-9)18(34(28-10,29-11)30-12)14-16(15)32(22-4,23-5)24-6/h13-14H,1-12H3. The van der Waals surface area contributed by atoms with E-state index in [4.69, 9.17) is 53.1 Å². The highest BCUT2D eigenvalue weighted by molar-refractivity contribution is 6.91. The Morgan fingerprint density at radius 3 is 0.500 bits per heavy atom. The molecule has 0 fully saturated rings. The third-order valence-corrected chi connectivity index (χ3v) is 16.9. The van der Waals surface area contributed by atoms with E-state index in [0.717, 1.165) is 0 Å². The van der Waals surface area contributed by atoms with Crippen molar-refractivity contribution in [3.63, 3.8) is 0 Å². The molecule has 0 amide bonds. The molecule has 0 heterocycles. The first-order valence-corrected chi connectivity index (χ1v) is 16.9. The summed E-state index contributed by atoms with van der Waals surface area (Å²) >= 11 is 0. The van der Waals surface area contributed by atoms with Gasteiger partial charge in [0.25, 0.3) is 0 Å². The highest BCUT2D eigenvalue weighted by Crippen LogP contribution is 2.16. The molecule has 0 aliphatic carbocycles. The quantitative estimate of drug-likeness (QED) is 0.210. The van der Waals surface area contributed by atoms with E-state index in [1.807, 2.05) is 0 Å². The summed E-state index contributed by atoms with van der Waals surface area (Å²) in [4.78, 5) is 0. The van der Waals surface area contributed by atoms with E-state index >= 15 is 0 Å². The lowest BCUT2D eigenvalue weighted by Crippen LogP contribution is -2.75. The minimum atomic E-state index is -3.51. The van der Waals surface area contributed by atoms with Crippen LogP contribution in [0.5, 0.6) is 0 Å². The van der Waals surface area contributed by atoms with Gasteiger partial charge >= 0.3 is 35.2 Å². The Balaban J connectivity index is 4.47. The molecule has 12 nitrogen and oxygen atoms in total. The summed E-state index contributed by atoms with van der Waals surface area (Å²) in [5.74, 6) is 0. The molecule has 1 rings (SSSR count). The largest absolute Gasteiger partial charge is 0.536 e. The van der Waals surface area contributed by atoms with Crippen LogP contribution in [0.25, 0.3) is 0 Å². The maximum absolute atomic E-state index is 5.83. The van der Waals surface area contributed by atoms with E-state index in [0.29, 0.717) is 20.7 Å². The highest BCUT2D eigenvalue weighted by Gasteiger charge is 2.58.